The van der Waals surface area contributed by atoms with Crippen LogP contribution >= 0.6 is 0 Å². The number of carboxylic acid groups (broad SMARTS) is 3. The molecule has 0 unspecified atom stereocenters. The predicted molar refractivity (Wildman–Crippen MR) is 119 cm³/mol. The molecule has 0 heterocycles. The van der Waals surface area contributed by atoms with Crippen LogP contribution in [0.1, 0.15) is 34.6 Å². The second kappa shape index (κ2) is 20.1. The average Bonchev–Trinajstić information content (AvgIpc) is 2.66. The topological polar surface area (TPSA) is 163 Å². The molecule has 0 aliphatic rings. The van der Waals surface area contributed by atoms with E-state index in [2.05, 4.69) is 0 Å². The summed E-state index contributed by atoms with van der Waals surface area (Å²) in [5.74, 6) is -3.27. The summed E-state index contributed by atoms with van der Waals surface area (Å²) in [5, 5.41) is 24.6. The summed E-state index contributed by atoms with van der Waals surface area (Å²) < 4.78 is 0. The van der Waals surface area contributed by atoms with Gasteiger partial charge in [0.1, 0.15) is 0 Å². The molecule has 0 aromatic carbocycles. The fraction of sp³-hybridized carbons (Fsp3) is 0.217. The van der Waals surface area contributed by atoms with Crippen molar-refractivity contribution in [2.45, 2.75) is 34.6 Å². The van der Waals surface area contributed by atoms with E-state index in [1.165, 1.54) is 76.3 Å². The average molecular weight is 448 g/mol. The maximum Gasteiger partial charge on any atom is 0.331 e. The van der Waals surface area contributed by atoms with Crippen LogP contribution < -0.4 is 0 Å². The molecule has 32 heavy (non-hydrogen) atoms. The number of allylic oxidation sites excluding steroid dienone is 9. The lowest BCUT2D eigenvalue weighted by molar-refractivity contribution is -0.133. The predicted octanol–water partition coefficient (Wildman–Crippen LogP) is 3.10. The van der Waals surface area contributed by atoms with E-state index in [0.29, 0.717) is 5.57 Å². The van der Waals surface area contributed by atoms with E-state index in [9.17, 15) is 28.8 Å². The van der Waals surface area contributed by atoms with E-state index in [1.54, 1.807) is 6.92 Å². The number of carbonyl (C=O) groups excluding carboxylic acids is 3. The largest absolute Gasteiger partial charge is 0.478 e. The van der Waals surface area contributed by atoms with Gasteiger partial charge in [-0.25, -0.2) is 14.4 Å². The van der Waals surface area contributed by atoms with Gasteiger partial charge >= 0.3 is 17.9 Å². The highest BCUT2D eigenvalue weighted by atomic mass is 16.4. The molecule has 0 saturated heterocycles. The molecule has 9 nitrogen and oxygen atoms in total. The first-order valence-electron chi connectivity index (χ1n) is 8.96. The summed E-state index contributed by atoms with van der Waals surface area (Å²) >= 11 is 0. The Hall–Kier alpha value is -4.14. The van der Waals surface area contributed by atoms with Crippen molar-refractivity contribution in [3.05, 3.63) is 71.9 Å². The Morgan fingerprint density at radius 3 is 1.06 bits per heavy atom. The molecule has 0 aliphatic carbocycles. The highest BCUT2D eigenvalue weighted by molar-refractivity contribution is 5.93. The number of ketones is 3. The van der Waals surface area contributed by atoms with Gasteiger partial charge in [-0.1, -0.05) is 36.5 Å². The van der Waals surface area contributed by atoms with Gasteiger partial charge in [0.25, 0.3) is 0 Å². The normalized spacial score (nSPS) is 11.7. The Labute approximate surface area is 186 Å². The van der Waals surface area contributed by atoms with E-state index in [4.69, 9.17) is 15.3 Å². The van der Waals surface area contributed by atoms with Crippen molar-refractivity contribution in [2.75, 3.05) is 0 Å². The third-order valence-corrected chi connectivity index (χ3v) is 2.84. The minimum atomic E-state index is -1.02. The van der Waals surface area contributed by atoms with Crippen LogP contribution in [0.2, 0.25) is 0 Å². The van der Waals surface area contributed by atoms with E-state index in [-0.39, 0.29) is 22.9 Å². The Balaban J connectivity index is -0.000000397. The number of aliphatic carboxylic acids is 3. The highest BCUT2D eigenvalue weighted by Crippen LogP contribution is 1.98. The Bertz CT molecular complexity index is 748. The van der Waals surface area contributed by atoms with Crippen molar-refractivity contribution < 1.29 is 44.1 Å². The first-order chi connectivity index (χ1) is 14.7. The maximum atomic E-state index is 10.7. The van der Waals surface area contributed by atoms with Gasteiger partial charge in [0.2, 0.25) is 0 Å². The van der Waals surface area contributed by atoms with Crippen molar-refractivity contribution in [3.63, 3.8) is 0 Å². The molecule has 0 aromatic heterocycles. The van der Waals surface area contributed by atoms with Crippen LogP contribution in [0.15, 0.2) is 71.9 Å². The fourth-order valence-electron chi connectivity index (χ4n) is 1.10. The van der Waals surface area contributed by atoms with Gasteiger partial charge in [0.15, 0.2) is 17.3 Å². The minimum Gasteiger partial charge on any atom is -0.478 e. The number of Topliss-reactive ketones (excluding diaryl/α,β-unsaturated/α-hetero) is 1. The third kappa shape index (κ3) is 30.6. The van der Waals surface area contributed by atoms with Crippen molar-refractivity contribution in [2.24, 2.45) is 0 Å². The zero-order valence-corrected chi connectivity index (χ0v) is 18.6. The molecule has 0 bridgehead atoms. The van der Waals surface area contributed by atoms with Gasteiger partial charge in [0.05, 0.1) is 0 Å². The monoisotopic (exact) mass is 448 g/mol. The van der Waals surface area contributed by atoms with Gasteiger partial charge in [0, 0.05) is 17.7 Å². The summed E-state index contributed by atoms with van der Waals surface area (Å²) in [6.45, 7) is 7.35. The quantitative estimate of drug-likeness (QED) is 0.355. The number of hydrogen-bond donors (Lipinski definition) is 3. The van der Waals surface area contributed by atoms with Crippen LogP contribution in [-0.4, -0.2) is 50.6 Å². The Morgan fingerprint density at radius 1 is 0.500 bits per heavy atom. The lowest BCUT2D eigenvalue weighted by atomic mass is 10.2. The summed E-state index contributed by atoms with van der Waals surface area (Å²) in [6.07, 6.45) is 12.8. The van der Waals surface area contributed by atoms with Crippen LogP contribution in [0.3, 0.4) is 0 Å². The first-order valence-corrected chi connectivity index (χ1v) is 8.96. The van der Waals surface area contributed by atoms with Crippen LogP contribution in [0.4, 0.5) is 0 Å². The molecule has 0 atom stereocenters. The van der Waals surface area contributed by atoms with Gasteiger partial charge in [-0.2, -0.15) is 0 Å². The third-order valence-electron chi connectivity index (χ3n) is 2.84. The number of hydrogen-bond acceptors (Lipinski definition) is 6. The molecule has 0 spiro atoms. The Kier molecular flexibility index (Phi) is 20.5. The molecule has 174 valence electrons. The van der Waals surface area contributed by atoms with Crippen molar-refractivity contribution in [1.82, 2.24) is 0 Å². The molecule has 3 N–H and O–H groups in total. The lowest BCUT2D eigenvalue weighted by Gasteiger charge is -1.91. The van der Waals surface area contributed by atoms with E-state index in [1.807, 2.05) is 0 Å². The molecular formula is C23H28O9. The lowest BCUT2D eigenvalue weighted by Crippen LogP contribution is -1.96. The van der Waals surface area contributed by atoms with E-state index < -0.39 is 17.9 Å². The fourth-order valence-corrected chi connectivity index (χ4v) is 1.10. The van der Waals surface area contributed by atoms with E-state index >= 15 is 0 Å². The smallest absolute Gasteiger partial charge is 0.331 e. The molecule has 9 heteroatoms. The van der Waals surface area contributed by atoms with Gasteiger partial charge < -0.3 is 15.3 Å². The number of carboxylic acids is 3. The van der Waals surface area contributed by atoms with Crippen LogP contribution in [0.5, 0.6) is 0 Å². The molecule has 0 radical (unpaired) electrons. The summed E-state index contributed by atoms with van der Waals surface area (Å²) in [6, 6.07) is 0. The molecular weight excluding hydrogens is 420 g/mol. The second-order valence-corrected chi connectivity index (χ2v) is 5.89. The maximum absolute atomic E-state index is 10.7. The second-order valence-electron chi connectivity index (χ2n) is 5.89. The van der Waals surface area contributed by atoms with Crippen molar-refractivity contribution >= 4 is 35.3 Å². The Morgan fingerprint density at radius 2 is 0.812 bits per heavy atom. The molecule has 0 rings (SSSR count). The number of rotatable bonds is 9. The molecule has 0 fully saturated rings. The summed E-state index contributed by atoms with van der Waals surface area (Å²) in [4.78, 5) is 61.1. The van der Waals surface area contributed by atoms with Gasteiger partial charge in [-0.3, -0.25) is 14.4 Å². The van der Waals surface area contributed by atoms with Crippen LogP contribution in [0, 0.1) is 0 Å². The van der Waals surface area contributed by atoms with Crippen LogP contribution in [-0.2, 0) is 28.8 Å². The SMILES string of the molecule is CC(=O)/C(C)=C\C=C(\C)C(=O)O.CC(=O)/C=C/C=C/C(=O)O.CC(=O)/C=C\C=C/C(=O)O. The molecule has 0 aromatic rings. The first kappa shape index (κ1) is 32.5. The summed E-state index contributed by atoms with van der Waals surface area (Å²) in [7, 11) is 0. The number of carbonyl (C=O) groups is 6. The van der Waals surface area contributed by atoms with Crippen molar-refractivity contribution in [1.29, 1.82) is 0 Å². The highest BCUT2D eigenvalue weighted by Gasteiger charge is 1.98. The standard InChI is InChI=1S/C9H12O3.2C7H8O3/c1-6(8(3)10)4-5-7(2)9(11)12;2*1-6(8)4-2-3-5-7(9)10/h4-5H,1-3H3,(H,11,12);2*2-5H,1H3,(H,9,10)/b6-4-,7-5-;4-2+,5-3+;4-2-,5-3-. The van der Waals surface area contributed by atoms with Gasteiger partial charge in [-0.15, -0.1) is 0 Å². The zero-order chi connectivity index (χ0) is 25.7. The van der Waals surface area contributed by atoms with Gasteiger partial charge in [-0.05, 0) is 52.3 Å². The van der Waals surface area contributed by atoms with Crippen LogP contribution in [0.25, 0.3) is 0 Å². The minimum absolute atomic E-state index is 0.0514. The molecule has 0 saturated carbocycles. The molecule has 0 aliphatic heterocycles. The van der Waals surface area contributed by atoms with E-state index in [0.717, 1.165) is 12.2 Å². The summed E-state index contributed by atoms with van der Waals surface area (Å²) in [5.41, 5.74) is 0.770. The zero-order valence-electron chi connectivity index (χ0n) is 18.6. The van der Waals surface area contributed by atoms with Crippen molar-refractivity contribution in [3.8, 4) is 0 Å². The molecule has 0 amide bonds.